The van der Waals surface area contributed by atoms with E-state index in [4.69, 9.17) is 19.7 Å². The third-order valence-corrected chi connectivity index (χ3v) is 5.28. The lowest BCUT2D eigenvalue weighted by molar-refractivity contribution is 0.355. The molecule has 2 heterocycles. The van der Waals surface area contributed by atoms with E-state index in [2.05, 4.69) is 15.2 Å². The number of nitrogens with zero attached hydrogens (tertiary/aromatic N) is 4. The maximum Gasteiger partial charge on any atom is 0.264 e. The summed E-state index contributed by atoms with van der Waals surface area (Å²) < 4.78 is 17.9. The van der Waals surface area contributed by atoms with Crippen LogP contribution < -0.4 is 15.2 Å². The van der Waals surface area contributed by atoms with E-state index in [1.54, 1.807) is 31.0 Å². The first-order chi connectivity index (χ1) is 14.6. The van der Waals surface area contributed by atoms with Gasteiger partial charge in [-0.15, -0.1) is 11.8 Å². The Morgan fingerprint density at radius 3 is 2.53 bits per heavy atom. The molecule has 0 aliphatic rings. The van der Waals surface area contributed by atoms with Crippen LogP contribution in [0.1, 0.15) is 5.56 Å². The number of thioether (sulfide) groups is 1. The SMILES string of the molecule is COc1ccc(-c2noc(-c3c(SC)nn(Cc4ccccc4)c3N)n2)cc1OC. The summed E-state index contributed by atoms with van der Waals surface area (Å²) in [6.45, 7) is 0.552. The van der Waals surface area contributed by atoms with E-state index in [1.807, 2.05) is 42.7 Å². The first-order valence-electron chi connectivity index (χ1n) is 9.15. The summed E-state index contributed by atoms with van der Waals surface area (Å²) in [5.41, 5.74) is 8.89. The van der Waals surface area contributed by atoms with Gasteiger partial charge in [-0.1, -0.05) is 35.5 Å². The molecule has 0 fully saturated rings. The summed E-state index contributed by atoms with van der Waals surface area (Å²) in [6, 6.07) is 15.4. The van der Waals surface area contributed by atoms with Crippen molar-refractivity contribution in [2.24, 2.45) is 0 Å². The summed E-state index contributed by atoms with van der Waals surface area (Å²) >= 11 is 1.48. The zero-order valence-electron chi connectivity index (χ0n) is 16.8. The molecule has 0 aliphatic carbocycles. The normalized spacial score (nSPS) is 10.9. The van der Waals surface area contributed by atoms with Crippen LogP contribution in [0.3, 0.4) is 0 Å². The maximum absolute atomic E-state index is 6.41. The Morgan fingerprint density at radius 2 is 1.83 bits per heavy atom. The molecule has 4 aromatic rings. The van der Waals surface area contributed by atoms with Gasteiger partial charge in [-0.05, 0) is 30.0 Å². The summed E-state index contributed by atoms with van der Waals surface area (Å²) in [7, 11) is 3.17. The number of nitrogens with two attached hydrogens (primary N) is 1. The van der Waals surface area contributed by atoms with Gasteiger partial charge >= 0.3 is 0 Å². The summed E-state index contributed by atoms with van der Waals surface area (Å²) in [5, 5.41) is 9.47. The van der Waals surface area contributed by atoms with E-state index in [-0.39, 0.29) is 0 Å². The van der Waals surface area contributed by atoms with Gasteiger partial charge in [0.2, 0.25) is 5.82 Å². The van der Waals surface area contributed by atoms with Gasteiger partial charge < -0.3 is 19.7 Å². The van der Waals surface area contributed by atoms with Crippen LogP contribution in [0.25, 0.3) is 22.8 Å². The highest BCUT2D eigenvalue weighted by Crippen LogP contribution is 2.36. The zero-order valence-corrected chi connectivity index (χ0v) is 17.6. The number of methoxy groups -OCH3 is 2. The Morgan fingerprint density at radius 1 is 1.07 bits per heavy atom. The quantitative estimate of drug-likeness (QED) is 0.446. The van der Waals surface area contributed by atoms with E-state index < -0.39 is 0 Å². The Balaban J connectivity index is 1.69. The Labute approximate surface area is 178 Å². The summed E-state index contributed by atoms with van der Waals surface area (Å²) in [5.74, 6) is 2.43. The first kappa shape index (κ1) is 19.8. The number of benzene rings is 2. The lowest BCUT2D eigenvalue weighted by Gasteiger charge is -2.07. The fraction of sp³-hybridized carbons (Fsp3) is 0.190. The van der Waals surface area contributed by atoms with Crippen molar-refractivity contribution < 1.29 is 14.0 Å². The van der Waals surface area contributed by atoms with E-state index in [0.29, 0.717) is 41.1 Å². The second-order valence-corrected chi connectivity index (χ2v) is 7.20. The molecule has 2 aromatic heterocycles. The number of anilines is 1. The molecule has 154 valence electrons. The molecule has 2 aromatic carbocycles. The zero-order chi connectivity index (χ0) is 21.1. The average Bonchev–Trinajstić information content (AvgIpc) is 3.38. The summed E-state index contributed by atoms with van der Waals surface area (Å²) in [6.07, 6.45) is 1.93. The van der Waals surface area contributed by atoms with Crippen LogP contribution >= 0.6 is 11.8 Å². The first-order valence-corrected chi connectivity index (χ1v) is 10.4. The number of nitrogen functional groups attached to an aromatic ring is 1. The van der Waals surface area contributed by atoms with Gasteiger partial charge in [0.25, 0.3) is 5.89 Å². The molecule has 0 radical (unpaired) electrons. The smallest absolute Gasteiger partial charge is 0.264 e. The molecule has 0 bridgehead atoms. The lowest BCUT2D eigenvalue weighted by atomic mass is 10.2. The minimum atomic E-state index is 0.320. The van der Waals surface area contributed by atoms with Crippen LogP contribution in [0.5, 0.6) is 11.5 Å². The van der Waals surface area contributed by atoms with Crippen LogP contribution in [0.4, 0.5) is 5.82 Å². The minimum absolute atomic E-state index is 0.320. The highest BCUT2D eigenvalue weighted by atomic mass is 32.2. The standard InChI is InChI=1S/C21H21N5O3S/c1-27-15-10-9-14(11-16(15)28-2)19-23-20(29-25-19)17-18(22)26(24-21(17)30-3)12-13-7-5-4-6-8-13/h4-11H,12,22H2,1-3H3. The molecular weight excluding hydrogens is 402 g/mol. The van der Waals surface area contributed by atoms with Crippen LogP contribution in [0.2, 0.25) is 0 Å². The number of hydrogen-bond donors (Lipinski definition) is 1. The highest BCUT2D eigenvalue weighted by molar-refractivity contribution is 7.98. The van der Waals surface area contributed by atoms with Crippen molar-refractivity contribution in [1.82, 2.24) is 19.9 Å². The van der Waals surface area contributed by atoms with Gasteiger partial charge in [0.05, 0.1) is 20.8 Å². The molecule has 0 saturated carbocycles. The molecule has 2 N–H and O–H groups in total. The maximum atomic E-state index is 6.41. The van der Waals surface area contributed by atoms with E-state index >= 15 is 0 Å². The van der Waals surface area contributed by atoms with Gasteiger partial charge in [-0.2, -0.15) is 10.1 Å². The van der Waals surface area contributed by atoms with Crippen molar-refractivity contribution in [2.75, 3.05) is 26.2 Å². The van der Waals surface area contributed by atoms with Gasteiger partial charge in [0, 0.05) is 5.56 Å². The van der Waals surface area contributed by atoms with Gasteiger partial charge in [0.1, 0.15) is 16.4 Å². The van der Waals surface area contributed by atoms with Crippen molar-refractivity contribution in [3.8, 4) is 34.3 Å². The second kappa shape index (κ2) is 8.50. The highest BCUT2D eigenvalue weighted by Gasteiger charge is 2.23. The fourth-order valence-corrected chi connectivity index (χ4v) is 3.67. The van der Waals surface area contributed by atoms with Crippen LogP contribution in [0, 0.1) is 0 Å². The molecule has 0 atom stereocenters. The molecule has 8 nitrogen and oxygen atoms in total. The molecule has 0 spiro atoms. The fourth-order valence-electron chi connectivity index (χ4n) is 3.09. The third kappa shape index (κ3) is 3.71. The molecule has 9 heteroatoms. The van der Waals surface area contributed by atoms with Crippen molar-refractivity contribution in [2.45, 2.75) is 11.6 Å². The Kier molecular flexibility index (Phi) is 5.62. The molecule has 0 saturated heterocycles. The predicted octanol–water partition coefficient (Wildman–Crippen LogP) is 3.97. The van der Waals surface area contributed by atoms with Crippen molar-refractivity contribution >= 4 is 17.6 Å². The van der Waals surface area contributed by atoms with E-state index in [1.165, 1.54) is 11.8 Å². The molecule has 0 unspecified atom stereocenters. The van der Waals surface area contributed by atoms with Crippen molar-refractivity contribution in [3.05, 3.63) is 54.1 Å². The second-order valence-electron chi connectivity index (χ2n) is 6.41. The van der Waals surface area contributed by atoms with Gasteiger partial charge in [-0.25, -0.2) is 4.68 Å². The lowest BCUT2D eigenvalue weighted by Crippen LogP contribution is -2.06. The number of aromatic nitrogens is 4. The average molecular weight is 423 g/mol. The van der Waals surface area contributed by atoms with Crippen LogP contribution in [0.15, 0.2) is 58.1 Å². The molecule has 4 rings (SSSR count). The molecular formula is C21H21N5O3S. The van der Waals surface area contributed by atoms with Crippen molar-refractivity contribution in [1.29, 1.82) is 0 Å². The monoisotopic (exact) mass is 423 g/mol. The van der Waals surface area contributed by atoms with Crippen LogP contribution in [-0.4, -0.2) is 40.4 Å². The van der Waals surface area contributed by atoms with Gasteiger partial charge in [0.15, 0.2) is 11.5 Å². The predicted molar refractivity (Wildman–Crippen MR) is 116 cm³/mol. The number of hydrogen-bond acceptors (Lipinski definition) is 8. The van der Waals surface area contributed by atoms with E-state index in [0.717, 1.165) is 16.2 Å². The van der Waals surface area contributed by atoms with Gasteiger partial charge in [-0.3, -0.25) is 0 Å². The van der Waals surface area contributed by atoms with E-state index in [9.17, 15) is 0 Å². The van der Waals surface area contributed by atoms with Crippen LogP contribution in [-0.2, 0) is 6.54 Å². The third-order valence-electron chi connectivity index (χ3n) is 4.61. The van der Waals surface area contributed by atoms with Crippen molar-refractivity contribution in [3.63, 3.8) is 0 Å². The number of rotatable bonds is 7. The number of ether oxygens (including phenoxy) is 2. The summed E-state index contributed by atoms with van der Waals surface area (Å²) in [4.78, 5) is 4.55. The topological polar surface area (TPSA) is 101 Å². The largest absolute Gasteiger partial charge is 0.493 e. The molecule has 0 aliphatic heterocycles. The Hall–Kier alpha value is -3.46. The Bertz CT molecular complexity index is 1160. The molecule has 0 amide bonds. The minimum Gasteiger partial charge on any atom is -0.493 e. The molecule has 30 heavy (non-hydrogen) atoms.